The lowest BCUT2D eigenvalue weighted by Gasteiger charge is -2.05. The zero-order valence-electron chi connectivity index (χ0n) is 12.4. The lowest BCUT2D eigenvalue weighted by molar-refractivity contribution is 0.0953. The molecule has 0 saturated heterocycles. The Bertz CT molecular complexity index is 855. The van der Waals surface area contributed by atoms with Gasteiger partial charge in [-0.15, -0.1) is 0 Å². The maximum Gasteiger partial charge on any atom is 0.251 e. The van der Waals surface area contributed by atoms with Crippen LogP contribution in [0.25, 0.3) is 4.96 Å². The third-order valence-corrected chi connectivity index (χ3v) is 4.33. The van der Waals surface area contributed by atoms with Gasteiger partial charge in [-0.05, 0) is 25.1 Å². The molecule has 0 bridgehead atoms. The number of imidazole rings is 1. The Kier molecular flexibility index (Phi) is 3.38. The Morgan fingerprint density at radius 2 is 2.26 bits per heavy atom. The summed E-state index contributed by atoms with van der Waals surface area (Å²) in [5, 5.41) is 8.18. The van der Waals surface area contributed by atoms with Crippen LogP contribution in [0.5, 0.6) is 11.5 Å². The smallest absolute Gasteiger partial charge is 0.251 e. The van der Waals surface area contributed by atoms with Gasteiger partial charge in [-0.2, -0.15) is 5.10 Å². The van der Waals surface area contributed by atoms with Crippen LogP contribution < -0.4 is 14.8 Å². The third-order valence-electron chi connectivity index (χ3n) is 3.50. The number of carbonyl (C=O) groups excluding carboxylic acids is 1. The predicted octanol–water partition coefficient (Wildman–Crippen LogP) is 1.80. The lowest BCUT2D eigenvalue weighted by atomic mass is 10.2. The highest BCUT2D eigenvalue weighted by Gasteiger charge is 2.16. The highest BCUT2D eigenvalue weighted by Crippen LogP contribution is 2.32. The fourth-order valence-electron chi connectivity index (χ4n) is 2.41. The predicted molar refractivity (Wildman–Crippen MR) is 84.2 cm³/mol. The van der Waals surface area contributed by atoms with Gasteiger partial charge < -0.3 is 14.8 Å². The summed E-state index contributed by atoms with van der Waals surface area (Å²) in [6.07, 6.45) is 2.55. The Hall–Kier alpha value is -2.61. The summed E-state index contributed by atoms with van der Waals surface area (Å²) in [6, 6.07) is 5.16. The molecule has 0 radical (unpaired) electrons. The molecule has 0 unspecified atom stereocenters. The molecule has 0 spiro atoms. The largest absolute Gasteiger partial charge is 0.454 e. The van der Waals surface area contributed by atoms with E-state index in [-0.39, 0.29) is 12.7 Å². The number of fused-ring (bicyclic) bond motifs is 2. The van der Waals surface area contributed by atoms with Crippen molar-refractivity contribution >= 4 is 22.2 Å². The van der Waals surface area contributed by atoms with Gasteiger partial charge in [0.2, 0.25) is 11.8 Å². The fraction of sp³-hybridized carbons (Fsp3) is 0.267. The van der Waals surface area contributed by atoms with Gasteiger partial charge in [0.1, 0.15) is 5.01 Å². The minimum Gasteiger partial charge on any atom is -0.454 e. The standard InChI is InChI=1S/C15H14N4O3S/c1-9-18-19-7-11(17-15(19)23-9)4-5-16-14(20)10-2-3-12-13(6-10)22-8-21-12/h2-3,6-7H,4-5,8H2,1H3,(H,16,20). The molecule has 2 aromatic heterocycles. The average Bonchev–Trinajstić information content (AvgIpc) is 3.20. The second-order valence-corrected chi connectivity index (χ2v) is 6.31. The Morgan fingerprint density at radius 3 is 3.13 bits per heavy atom. The van der Waals surface area contributed by atoms with Gasteiger partial charge in [-0.1, -0.05) is 11.3 Å². The van der Waals surface area contributed by atoms with Crippen molar-refractivity contribution < 1.29 is 14.3 Å². The first-order chi connectivity index (χ1) is 11.2. The minimum atomic E-state index is -0.140. The maximum absolute atomic E-state index is 12.2. The molecule has 1 aliphatic heterocycles. The number of ether oxygens (including phenoxy) is 2. The van der Waals surface area contributed by atoms with E-state index in [2.05, 4.69) is 15.4 Å². The van der Waals surface area contributed by atoms with Gasteiger partial charge in [0.25, 0.3) is 5.91 Å². The summed E-state index contributed by atoms with van der Waals surface area (Å²) in [7, 11) is 0. The van der Waals surface area contributed by atoms with E-state index in [1.165, 1.54) is 0 Å². The van der Waals surface area contributed by atoms with Crippen LogP contribution in [0.3, 0.4) is 0 Å². The first-order valence-corrected chi connectivity index (χ1v) is 8.00. The van der Waals surface area contributed by atoms with Crippen LogP contribution in [0.2, 0.25) is 0 Å². The van der Waals surface area contributed by atoms with Crippen molar-refractivity contribution in [3.63, 3.8) is 0 Å². The molecule has 0 saturated carbocycles. The molecule has 1 aromatic carbocycles. The zero-order chi connectivity index (χ0) is 15.8. The average molecular weight is 330 g/mol. The molecule has 1 amide bonds. The highest BCUT2D eigenvalue weighted by atomic mass is 32.1. The number of aryl methyl sites for hydroxylation is 1. The number of hydrogen-bond acceptors (Lipinski definition) is 6. The Labute approximate surface area is 135 Å². The third kappa shape index (κ3) is 2.72. The van der Waals surface area contributed by atoms with E-state index in [4.69, 9.17) is 9.47 Å². The van der Waals surface area contributed by atoms with Gasteiger partial charge in [0.15, 0.2) is 11.5 Å². The molecule has 3 aromatic rings. The maximum atomic E-state index is 12.2. The molecule has 118 valence electrons. The molecule has 1 aliphatic rings. The minimum absolute atomic E-state index is 0.140. The SMILES string of the molecule is Cc1nn2cc(CCNC(=O)c3ccc4c(c3)OCO4)nc2s1. The van der Waals surface area contributed by atoms with Crippen LogP contribution >= 0.6 is 11.3 Å². The van der Waals surface area contributed by atoms with E-state index in [0.29, 0.717) is 30.0 Å². The molecule has 4 rings (SSSR count). The van der Waals surface area contributed by atoms with Crippen LogP contribution in [0, 0.1) is 6.92 Å². The van der Waals surface area contributed by atoms with Gasteiger partial charge >= 0.3 is 0 Å². The van der Waals surface area contributed by atoms with Crippen LogP contribution in [-0.4, -0.2) is 33.8 Å². The Balaban J connectivity index is 1.36. The number of amides is 1. The van der Waals surface area contributed by atoms with E-state index in [1.54, 1.807) is 34.1 Å². The summed E-state index contributed by atoms with van der Waals surface area (Å²) in [5.74, 6) is 1.13. The second-order valence-electron chi connectivity index (χ2n) is 5.15. The summed E-state index contributed by atoms with van der Waals surface area (Å²) in [4.78, 5) is 17.5. The van der Waals surface area contributed by atoms with Crippen LogP contribution in [0.4, 0.5) is 0 Å². The molecule has 23 heavy (non-hydrogen) atoms. The number of hydrogen-bond donors (Lipinski definition) is 1. The summed E-state index contributed by atoms with van der Waals surface area (Å²) >= 11 is 1.55. The number of rotatable bonds is 4. The Morgan fingerprint density at radius 1 is 1.39 bits per heavy atom. The molecular formula is C15H14N4O3S. The van der Waals surface area contributed by atoms with Crippen LogP contribution in [-0.2, 0) is 6.42 Å². The molecule has 0 atom stereocenters. The zero-order valence-corrected chi connectivity index (χ0v) is 13.2. The molecule has 3 heterocycles. The van der Waals surface area contributed by atoms with E-state index >= 15 is 0 Å². The van der Waals surface area contributed by atoms with Crippen molar-refractivity contribution in [3.05, 3.63) is 40.7 Å². The summed E-state index contributed by atoms with van der Waals surface area (Å²) in [5.41, 5.74) is 1.46. The molecule has 0 fully saturated rings. The van der Waals surface area contributed by atoms with Crippen molar-refractivity contribution in [2.75, 3.05) is 13.3 Å². The number of nitrogens with one attached hydrogen (secondary N) is 1. The molecule has 0 aliphatic carbocycles. The number of aromatic nitrogens is 3. The van der Waals surface area contributed by atoms with E-state index < -0.39 is 0 Å². The summed E-state index contributed by atoms with van der Waals surface area (Å²) < 4.78 is 12.3. The monoisotopic (exact) mass is 330 g/mol. The molecular weight excluding hydrogens is 316 g/mol. The van der Waals surface area contributed by atoms with Crippen LogP contribution in [0.1, 0.15) is 21.1 Å². The lowest BCUT2D eigenvalue weighted by Crippen LogP contribution is -2.25. The van der Waals surface area contributed by atoms with Gasteiger partial charge in [0, 0.05) is 18.5 Å². The van der Waals surface area contributed by atoms with Gasteiger partial charge in [0.05, 0.1) is 11.9 Å². The molecule has 1 N–H and O–H groups in total. The number of nitrogens with zero attached hydrogens (tertiary/aromatic N) is 3. The first-order valence-electron chi connectivity index (χ1n) is 7.18. The fourth-order valence-corrected chi connectivity index (χ4v) is 3.15. The van der Waals surface area contributed by atoms with E-state index in [9.17, 15) is 4.79 Å². The number of carbonyl (C=O) groups is 1. The molecule has 7 nitrogen and oxygen atoms in total. The summed E-state index contributed by atoms with van der Waals surface area (Å²) in [6.45, 7) is 2.66. The second kappa shape index (κ2) is 5.54. The topological polar surface area (TPSA) is 77.8 Å². The van der Waals surface area contributed by atoms with Crippen molar-refractivity contribution in [3.8, 4) is 11.5 Å². The van der Waals surface area contributed by atoms with Crippen LogP contribution in [0.15, 0.2) is 24.4 Å². The van der Waals surface area contributed by atoms with Gasteiger partial charge in [-0.3, -0.25) is 4.79 Å². The first kappa shape index (κ1) is 14.0. The van der Waals surface area contributed by atoms with Gasteiger partial charge in [-0.25, -0.2) is 9.50 Å². The van der Waals surface area contributed by atoms with Crippen molar-refractivity contribution in [1.29, 1.82) is 0 Å². The van der Waals surface area contributed by atoms with Crippen molar-refractivity contribution in [1.82, 2.24) is 19.9 Å². The number of benzene rings is 1. The highest BCUT2D eigenvalue weighted by molar-refractivity contribution is 7.16. The van der Waals surface area contributed by atoms with Crippen molar-refractivity contribution in [2.24, 2.45) is 0 Å². The van der Waals surface area contributed by atoms with E-state index in [0.717, 1.165) is 15.7 Å². The molecule has 8 heteroatoms. The van der Waals surface area contributed by atoms with E-state index in [1.807, 2.05) is 13.1 Å². The normalized spacial score (nSPS) is 12.7. The quantitative estimate of drug-likeness (QED) is 0.789. The van der Waals surface area contributed by atoms with Crippen molar-refractivity contribution in [2.45, 2.75) is 13.3 Å².